The zero-order valence-electron chi connectivity index (χ0n) is 15.7. The van der Waals surface area contributed by atoms with Crippen molar-refractivity contribution in [2.75, 3.05) is 27.2 Å². The first-order valence-corrected chi connectivity index (χ1v) is 11.1. The van der Waals surface area contributed by atoms with Crippen LogP contribution in [-0.4, -0.2) is 50.7 Å². The third-order valence-electron chi connectivity index (χ3n) is 6.66. The quantitative estimate of drug-likeness (QED) is 0.814. The van der Waals surface area contributed by atoms with Crippen molar-refractivity contribution in [2.24, 2.45) is 11.3 Å². The summed E-state index contributed by atoms with van der Waals surface area (Å²) in [5.41, 5.74) is 2.27. The smallest absolute Gasteiger partial charge is 0.243 e. The second-order valence-corrected chi connectivity index (χ2v) is 10.4. The second-order valence-electron chi connectivity index (χ2n) is 8.44. The Hall–Kier alpha value is -1.40. The van der Waals surface area contributed by atoms with Gasteiger partial charge in [-0.05, 0) is 60.8 Å². The first-order valence-electron chi connectivity index (χ1n) is 9.67. The number of benzene rings is 1. The van der Waals surface area contributed by atoms with Crippen molar-refractivity contribution < 1.29 is 13.2 Å². The van der Waals surface area contributed by atoms with Crippen LogP contribution in [0.3, 0.4) is 0 Å². The van der Waals surface area contributed by atoms with Gasteiger partial charge in [0.1, 0.15) is 0 Å². The van der Waals surface area contributed by atoms with Crippen molar-refractivity contribution in [3.05, 3.63) is 29.3 Å². The summed E-state index contributed by atoms with van der Waals surface area (Å²) < 4.78 is 28.2. The van der Waals surface area contributed by atoms with Crippen molar-refractivity contribution in [3.8, 4) is 0 Å². The Bertz CT molecular complexity index is 825. The molecular formula is C20H28N2O3S. The van der Waals surface area contributed by atoms with Gasteiger partial charge in [-0.1, -0.05) is 18.9 Å². The Labute approximate surface area is 156 Å². The molecule has 4 rings (SSSR count). The molecule has 0 aromatic heterocycles. The lowest BCUT2D eigenvalue weighted by atomic mass is 9.76. The average molecular weight is 377 g/mol. The van der Waals surface area contributed by atoms with E-state index in [1.54, 1.807) is 29.4 Å². The van der Waals surface area contributed by atoms with Crippen LogP contribution in [0.5, 0.6) is 0 Å². The molecule has 26 heavy (non-hydrogen) atoms. The van der Waals surface area contributed by atoms with Crippen LogP contribution >= 0.6 is 0 Å². The molecule has 0 bridgehead atoms. The molecule has 1 amide bonds. The molecule has 1 aromatic rings. The van der Waals surface area contributed by atoms with Crippen molar-refractivity contribution in [3.63, 3.8) is 0 Å². The molecule has 1 atom stereocenters. The van der Waals surface area contributed by atoms with E-state index in [-0.39, 0.29) is 17.2 Å². The summed E-state index contributed by atoms with van der Waals surface area (Å²) in [7, 11) is -0.0202. The van der Waals surface area contributed by atoms with Crippen LogP contribution in [0.15, 0.2) is 23.1 Å². The Morgan fingerprint density at radius 1 is 1.12 bits per heavy atom. The van der Waals surface area contributed by atoms with Crippen LogP contribution in [0.25, 0.3) is 0 Å². The molecule has 3 aliphatic rings. The third-order valence-corrected chi connectivity index (χ3v) is 8.47. The number of aryl methyl sites for hydroxylation is 2. The fourth-order valence-electron chi connectivity index (χ4n) is 5.20. The number of sulfonamides is 1. The van der Waals surface area contributed by atoms with Gasteiger partial charge < -0.3 is 4.90 Å². The highest BCUT2D eigenvalue weighted by Gasteiger charge is 2.54. The Morgan fingerprint density at radius 2 is 1.81 bits per heavy atom. The van der Waals surface area contributed by atoms with E-state index in [0.717, 1.165) is 44.9 Å². The number of fused-ring (bicyclic) bond motifs is 1. The predicted octanol–water partition coefficient (Wildman–Crippen LogP) is 2.44. The van der Waals surface area contributed by atoms with E-state index in [4.69, 9.17) is 0 Å². The van der Waals surface area contributed by atoms with Gasteiger partial charge in [-0.25, -0.2) is 8.42 Å². The molecule has 1 unspecified atom stereocenters. The van der Waals surface area contributed by atoms with E-state index in [9.17, 15) is 13.2 Å². The van der Waals surface area contributed by atoms with E-state index in [0.29, 0.717) is 18.0 Å². The molecule has 1 saturated heterocycles. The number of hydrogen-bond acceptors (Lipinski definition) is 3. The Balaban J connectivity index is 1.66. The first-order chi connectivity index (χ1) is 12.3. The van der Waals surface area contributed by atoms with Crippen molar-refractivity contribution in [2.45, 2.75) is 49.8 Å². The van der Waals surface area contributed by atoms with Gasteiger partial charge >= 0.3 is 0 Å². The number of rotatable bonds is 3. The van der Waals surface area contributed by atoms with E-state index in [1.807, 2.05) is 12.1 Å². The molecule has 1 heterocycles. The molecule has 142 valence electrons. The lowest BCUT2D eigenvalue weighted by Crippen LogP contribution is -2.39. The van der Waals surface area contributed by atoms with Crippen LogP contribution in [0, 0.1) is 11.3 Å². The summed E-state index contributed by atoms with van der Waals surface area (Å²) >= 11 is 0. The van der Waals surface area contributed by atoms with Crippen LogP contribution in [0.1, 0.15) is 43.2 Å². The van der Waals surface area contributed by atoms with Crippen molar-refractivity contribution in [1.82, 2.24) is 9.21 Å². The third kappa shape index (κ3) is 2.78. The average Bonchev–Trinajstić information content (AvgIpc) is 3.34. The van der Waals surface area contributed by atoms with Crippen molar-refractivity contribution in [1.29, 1.82) is 0 Å². The molecule has 6 heteroatoms. The topological polar surface area (TPSA) is 57.7 Å². The summed E-state index contributed by atoms with van der Waals surface area (Å²) in [5.74, 6) is -0.150. The number of hydrogen-bond donors (Lipinski definition) is 0. The number of amides is 1. The zero-order chi connectivity index (χ0) is 18.5. The molecule has 2 aliphatic carbocycles. The van der Waals surface area contributed by atoms with Gasteiger partial charge in [-0.15, -0.1) is 0 Å². The van der Waals surface area contributed by atoms with Gasteiger partial charge in [0.05, 0.1) is 10.8 Å². The summed E-state index contributed by atoms with van der Waals surface area (Å²) in [6.07, 6.45) is 7.19. The second kappa shape index (κ2) is 6.34. The summed E-state index contributed by atoms with van der Waals surface area (Å²) in [6, 6.07) is 5.58. The molecule has 5 nitrogen and oxygen atoms in total. The van der Waals surface area contributed by atoms with Gasteiger partial charge in [0.25, 0.3) is 0 Å². The highest BCUT2D eigenvalue weighted by molar-refractivity contribution is 7.89. The minimum atomic E-state index is -3.55. The molecule has 1 aromatic carbocycles. The maximum atomic E-state index is 13.3. The van der Waals surface area contributed by atoms with E-state index in [1.165, 1.54) is 11.1 Å². The van der Waals surface area contributed by atoms with E-state index >= 15 is 0 Å². The lowest BCUT2D eigenvalue weighted by Gasteiger charge is -2.30. The Morgan fingerprint density at radius 3 is 2.50 bits per heavy atom. The van der Waals surface area contributed by atoms with Gasteiger partial charge in [0, 0.05) is 27.2 Å². The standard InChI is InChI=1S/C20H28N2O3S/c1-21(2)19(23)18-13-22(14-20(18)10-3-4-11-20)26(24,25)17-9-8-15-6-5-7-16(15)12-17/h8-9,12,18H,3-7,10-11,13-14H2,1-2H3. The Kier molecular flexibility index (Phi) is 4.39. The molecule has 0 N–H and O–H groups in total. The fraction of sp³-hybridized carbons (Fsp3) is 0.650. The van der Waals surface area contributed by atoms with Crippen molar-refractivity contribution >= 4 is 15.9 Å². The van der Waals surface area contributed by atoms with Crippen LogP contribution in [0.2, 0.25) is 0 Å². The van der Waals surface area contributed by atoms with Crippen LogP contribution in [-0.2, 0) is 27.7 Å². The molecule has 2 fully saturated rings. The normalized spacial score (nSPS) is 24.9. The molecule has 1 spiro atoms. The summed E-state index contributed by atoms with van der Waals surface area (Å²) in [5, 5.41) is 0. The fourth-order valence-corrected chi connectivity index (χ4v) is 6.80. The maximum Gasteiger partial charge on any atom is 0.243 e. The predicted molar refractivity (Wildman–Crippen MR) is 100 cm³/mol. The largest absolute Gasteiger partial charge is 0.349 e. The van der Waals surface area contributed by atoms with E-state index < -0.39 is 10.0 Å². The monoisotopic (exact) mass is 376 g/mol. The SMILES string of the molecule is CN(C)C(=O)C1CN(S(=O)(=O)c2ccc3c(c2)CCC3)CC12CCCC2. The van der Waals surface area contributed by atoms with Crippen LogP contribution < -0.4 is 0 Å². The number of carbonyl (C=O) groups excluding carboxylic acids is 1. The molecule has 1 saturated carbocycles. The number of carbonyl (C=O) groups is 1. The van der Waals surface area contributed by atoms with Gasteiger partial charge in [0.2, 0.25) is 15.9 Å². The van der Waals surface area contributed by atoms with Gasteiger partial charge in [-0.3, -0.25) is 4.79 Å². The molecular weight excluding hydrogens is 348 g/mol. The minimum Gasteiger partial charge on any atom is -0.349 e. The molecule has 1 aliphatic heterocycles. The zero-order valence-corrected chi connectivity index (χ0v) is 16.5. The lowest BCUT2D eigenvalue weighted by molar-refractivity contribution is -0.135. The van der Waals surface area contributed by atoms with Gasteiger partial charge in [-0.2, -0.15) is 4.31 Å². The minimum absolute atomic E-state index is 0.0681. The molecule has 0 radical (unpaired) electrons. The highest BCUT2D eigenvalue weighted by atomic mass is 32.2. The summed E-state index contributed by atoms with van der Waals surface area (Å²) in [4.78, 5) is 14.8. The van der Waals surface area contributed by atoms with Gasteiger partial charge in [0.15, 0.2) is 0 Å². The first kappa shape index (κ1) is 18.0. The van der Waals surface area contributed by atoms with E-state index in [2.05, 4.69) is 0 Å². The highest BCUT2D eigenvalue weighted by Crippen LogP contribution is 2.50. The van der Waals surface area contributed by atoms with Crippen LogP contribution in [0.4, 0.5) is 0 Å². The summed E-state index contributed by atoms with van der Waals surface area (Å²) in [6.45, 7) is 0.799. The number of nitrogens with zero attached hydrogens (tertiary/aromatic N) is 2. The maximum absolute atomic E-state index is 13.3.